The fraction of sp³-hybridized carbons (Fsp3) is 0.250. The van der Waals surface area contributed by atoms with Gasteiger partial charge in [0.05, 0.1) is 11.0 Å². The quantitative estimate of drug-likeness (QED) is 0.405. The van der Waals surface area contributed by atoms with Crippen molar-refractivity contribution >= 4 is 43.9 Å². The molecular weight excluding hydrogens is 360 g/mol. The minimum absolute atomic E-state index is 0.00858. The zero-order valence-electron chi connectivity index (χ0n) is 16.3. The van der Waals surface area contributed by atoms with Crippen LogP contribution in [0.1, 0.15) is 25.7 Å². The van der Waals surface area contributed by atoms with Crippen LogP contribution in [0.3, 0.4) is 0 Å². The summed E-state index contributed by atoms with van der Waals surface area (Å²) in [6, 6.07) is 18.0. The van der Waals surface area contributed by atoms with Gasteiger partial charge in [-0.15, -0.1) is 0 Å². The Bertz CT molecular complexity index is 1370. The smallest absolute Gasteiger partial charge is 0.264 e. The molecule has 0 atom stereocenters. The van der Waals surface area contributed by atoms with Crippen molar-refractivity contribution in [1.82, 2.24) is 9.38 Å². The van der Waals surface area contributed by atoms with Gasteiger partial charge in [-0.25, -0.2) is 4.98 Å². The van der Waals surface area contributed by atoms with Crippen molar-refractivity contribution in [3.05, 3.63) is 65.0 Å². The normalized spacial score (nSPS) is 11.9. The van der Waals surface area contributed by atoms with Crippen molar-refractivity contribution in [2.45, 2.75) is 25.7 Å². The predicted octanol–water partition coefficient (Wildman–Crippen LogP) is 4.52. The highest BCUT2D eigenvalue weighted by molar-refractivity contribution is 6.18. The van der Waals surface area contributed by atoms with E-state index in [4.69, 9.17) is 10.7 Å². The first kappa shape index (κ1) is 17.9. The van der Waals surface area contributed by atoms with Crippen LogP contribution in [0.2, 0.25) is 0 Å². The SMILES string of the molecule is NCCCCCCNc1ccc2c3c1cccc3c(=O)n1c3ccccc3nc21. The molecule has 0 aliphatic rings. The van der Waals surface area contributed by atoms with Gasteiger partial charge in [-0.05, 0) is 49.7 Å². The van der Waals surface area contributed by atoms with Gasteiger partial charge in [0.25, 0.3) is 5.56 Å². The van der Waals surface area contributed by atoms with E-state index < -0.39 is 0 Å². The molecule has 2 aromatic heterocycles. The predicted molar refractivity (Wildman–Crippen MR) is 121 cm³/mol. The lowest BCUT2D eigenvalue weighted by Gasteiger charge is -2.13. The number of rotatable bonds is 7. The van der Waals surface area contributed by atoms with Crippen LogP contribution < -0.4 is 16.6 Å². The molecule has 3 N–H and O–H groups in total. The molecule has 5 heteroatoms. The number of para-hydroxylation sites is 2. The van der Waals surface area contributed by atoms with Gasteiger partial charge in [-0.1, -0.05) is 37.1 Å². The summed E-state index contributed by atoms with van der Waals surface area (Å²) in [4.78, 5) is 18.1. The Balaban J connectivity index is 1.63. The fourth-order valence-electron chi connectivity index (χ4n) is 4.30. The lowest BCUT2D eigenvalue weighted by molar-refractivity contribution is 0.661. The van der Waals surface area contributed by atoms with E-state index in [1.54, 1.807) is 4.40 Å². The van der Waals surface area contributed by atoms with E-state index >= 15 is 0 Å². The molecule has 0 saturated carbocycles. The summed E-state index contributed by atoms with van der Waals surface area (Å²) >= 11 is 0. The summed E-state index contributed by atoms with van der Waals surface area (Å²) < 4.78 is 1.75. The number of anilines is 1. The summed E-state index contributed by atoms with van der Waals surface area (Å²) in [5, 5.41) is 7.38. The standard InChI is InChI=1S/C24H24N4O/c25-14-5-1-2-6-15-26-19-13-12-17-22-16(19)8-7-9-18(22)24(29)28-21-11-4-3-10-20(21)27-23(17)28/h3-4,7-13,26H,1-2,5-6,14-15,25H2. The van der Waals surface area contributed by atoms with Crippen molar-refractivity contribution in [3.8, 4) is 0 Å². The highest BCUT2D eigenvalue weighted by Gasteiger charge is 2.16. The van der Waals surface area contributed by atoms with Crippen LogP contribution in [0.5, 0.6) is 0 Å². The van der Waals surface area contributed by atoms with Gasteiger partial charge < -0.3 is 11.1 Å². The number of benzene rings is 3. The number of unbranched alkanes of at least 4 members (excludes halogenated alkanes) is 3. The minimum atomic E-state index is -0.00858. The van der Waals surface area contributed by atoms with Crippen LogP contribution in [0.15, 0.2) is 59.4 Å². The molecule has 146 valence electrons. The Morgan fingerprint density at radius 1 is 0.862 bits per heavy atom. The van der Waals surface area contributed by atoms with Crippen molar-refractivity contribution in [2.24, 2.45) is 5.73 Å². The van der Waals surface area contributed by atoms with E-state index in [-0.39, 0.29) is 5.56 Å². The molecule has 2 heterocycles. The number of fused-ring (bicyclic) bond motifs is 4. The molecule has 5 aromatic rings. The number of aromatic nitrogens is 2. The Hall–Kier alpha value is -3.18. The van der Waals surface area contributed by atoms with E-state index in [2.05, 4.69) is 23.5 Å². The minimum Gasteiger partial charge on any atom is -0.385 e. The zero-order chi connectivity index (χ0) is 19.8. The van der Waals surface area contributed by atoms with Gasteiger partial charge in [-0.3, -0.25) is 9.20 Å². The van der Waals surface area contributed by atoms with Crippen LogP contribution in [-0.4, -0.2) is 22.5 Å². The number of nitrogens with zero attached hydrogens (tertiary/aromatic N) is 2. The average molecular weight is 384 g/mol. The maximum atomic E-state index is 13.3. The number of hydrogen-bond donors (Lipinski definition) is 2. The molecule has 0 radical (unpaired) electrons. The Labute approximate surface area is 168 Å². The first-order chi connectivity index (χ1) is 14.3. The van der Waals surface area contributed by atoms with Gasteiger partial charge in [0, 0.05) is 33.8 Å². The molecule has 0 unspecified atom stereocenters. The second kappa shape index (κ2) is 7.33. The molecule has 0 aliphatic heterocycles. The monoisotopic (exact) mass is 384 g/mol. The summed E-state index contributed by atoms with van der Waals surface area (Å²) in [6.07, 6.45) is 4.54. The lowest BCUT2D eigenvalue weighted by atomic mass is 10.0. The molecule has 3 aromatic carbocycles. The first-order valence-electron chi connectivity index (χ1n) is 10.3. The van der Waals surface area contributed by atoms with Gasteiger partial charge in [0.1, 0.15) is 5.65 Å². The molecule has 5 rings (SSSR count). The number of pyridine rings is 1. The second-order valence-electron chi connectivity index (χ2n) is 7.58. The van der Waals surface area contributed by atoms with Crippen LogP contribution in [-0.2, 0) is 0 Å². The van der Waals surface area contributed by atoms with Crippen molar-refractivity contribution in [2.75, 3.05) is 18.4 Å². The average Bonchev–Trinajstić information content (AvgIpc) is 3.14. The topological polar surface area (TPSA) is 72.4 Å². The summed E-state index contributed by atoms with van der Waals surface area (Å²) in [7, 11) is 0. The number of hydrogen-bond acceptors (Lipinski definition) is 4. The number of imidazole rings is 1. The molecular formula is C24H24N4O. The van der Waals surface area contributed by atoms with E-state index in [1.807, 2.05) is 36.4 Å². The number of nitrogens with two attached hydrogens (primary N) is 1. The second-order valence-corrected chi connectivity index (χ2v) is 7.58. The first-order valence-corrected chi connectivity index (χ1v) is 10.3. The van der Waals surface area contributed by atoms with Gasteiger partial charge in [-0.2, -0.15) is 0 Å². The third kappa shape index (κ3) is 2.89. The summed E-state index contributed by atoms with van der Waals surface area (Å²) in [6.45, 7) is 1.68. The van der Waals surface area contributed by atoms with Crippen molar-refractivity contribution in [1.29, 1.82) is 0 Å². The van der Waals surface area contributed by atoms with E-state index in [1.165, 1.54) is 12.8 Å². The van der Waals surface area contributed by atoms with Crippen LogP contribution in [0, 0.1) is 0 Å². The van der Waals surface area contributed by atoms with E-state index in [0.717, 1.165) is 69.8 Å². The summed E-state index contributed by atoms with van der Waals surface area (Å²) in [5.74, 6) is 0. The Kier molecular flexibility index (Phi) is 4.52. The molecule has 0 amide bonds. The highest BCUT2D eigenvalue weighted by atomic mass is 16.1. The van der Waals surface area contributed by atoms with Gasteiger partial charge >= 0.3 is 0 Å². The van der Waals surface area contributed by atoms with Crippen LogP contribution in [0.4, 0.5) is 5.69 Å². The molecule has 0 fully saturated rings. The Morgan fingerprint density at radius 2 is 1.69 bits per heavy atom. The van der Waals surface area contributed by atoms with Gasteiger partial charge in [0.15, 0.2) is 0 Å². The fourth-order valence-corrected chi connectivity index (χ4v) is 4.30. The Morgan fingerprint density at radius 3 is 2.59 bits per heavy atom. The molecule has 5 nitrogen and oxygen atoms in total. The van der Waals surface area contributed by atoms with E-state index in [0.29, 0.717) is 0 Å². The third-order valence-electron chi connectivity index (χ3n) is 5.72. The largest absolute Gasteiger partial charge is 0.385 e. The maximum absolute atomic E-state index is 13.3. The third-order valence-corrected chi connectivity index (χ3v) is 5.72. The van der Waals surface area contributed by atoms with Gasteiger partial charge in [0.2, 0.25) is 0 Å². The molecule has 0 aliphatic carbocycles. The van der Waals surface area contributed by atoms with Crippen molar-refractivity contribution < 1.29 is 0 Å². The summed E-state index contributed by atoms with van der Waals surface area (Å²) in [5.41, 5.74) is 9.06. The van der Waals surface area contributed by atoms with Crippen LogP contribution >= 0.6 is 0 Å². The maximum Gasteiger partial charge on any atom is 0.264 e. The van der Waals surface area contributed by atoms with E-state index in [9.17, 15) is 4.79 Å². The zero-order valence-corrected chi connectivity index (χ0v) is 16.3. The molecule has 0 saturated heterocycles. The van der Waals surface area contributed by atoms with Crippen LogP contribution in [0.25, 0.3) is 38.2 Å². The molecule has 29 heavy (non-hydrogen) atoms. The lowest BCUT2D eigenvalue weighted by Crippen LogP contribution is -2.13. The number of nitrogens with one attached hydrogen (secondary N) is 1. The highest BCUT2D eigenvalue weighted by Crippen LogP contribution is 2.33. The molecule has 0 spiro atoms. The molecule has 0 bridgehead atoms. The van der Waals surface area contributed by atoms with Crippen molar-refractivity contribution in [3.63, 3.8) is 0 Å².